The van der Waals surface area contributed by atoms with Crippen LogP contribution >= 0.6 is 11.6 Å². The van der Waals surface area contributed by atoms with Crippen LogP contribution in [0.25, 0.3) is 0 Å². The fourth-order valence-corrected chi connectivity index (χ4v) is 3.27. The van der Waals surface area contributed by atoms with Crippen LogP contribution in [0.3, 0.4) is 0 Å². The Morgan fingerprint density at radius 1 is 1.41 bits per heavy atom. The molecule has 2 atom stereocenters. The van der Waals surface area contributed by atoms with Crippen molar-refractivity contribution in [3.8, 4) is 0 Å². The van der Waals surface area contributed by atoms with Crippen molar-refractivity contribution in [3.63, 3.8) is 0 Å². The van der Waals surface area contributed by atoms with E-state index in [4.69, 9.17) is 25.0 Å². The van der Waals surface area contributed by atoms with Crippen molar-refractivity contribution in [2.75, 3.05) is 0 Å². The fourth-order valence-electron chi connectivity index (χ4n) is 2.20. The number of carbonyl (C=O) groups is 1. The minimum Gasteiger partial charge on any atom is -0.284 e. The van der Waals surface area contributed by atoms with Crippen molar-refractivity contribution in [2.24, 2.45) is 5.14 Å². The molecule has 1 fully saturated rings. The molecular weight excluding hydrogens is 326 g/mol. The predicted octanol–water partition coefficient (Wildman–Crippen LogP) is 1.90. The molecule has 1 aromatic rings. The van der Waals surface area contributed by atoms with Gasteiger partial charge in [0.2, 0.25) is 10.0 Å². The summed E-state index contributed by atoms with van der Waals surface area (Å²) in [6.45, 7) is -5.05. The van der Waals surface area contributed by atoms with Gasteiger partial charge in [-0.1, -0.05) is 18.0 Å². The first-order valence-corrected chi connectivity index (χ1v) is 8.46. The zero-order valence-electron chi connectivity index (χ0n) is 17.5. The molecule has 0 saturated carbocycles. The molecule has 1 aromatic carbocycles. The summed E-state index contributed by atoms with van der Waals surface area (Å²) < 4.78 is 69.3. The largest absolute Gasteiger partial charge is 0.284 e. The first kappa shape index (κ1) is 10.6. The molecule has 1 saturated heterocycles. The van der Waals surface area contributed by atoms with Gasteiger partial charge >= 0.3 is 0 Å². The van der Waals surface area contributed by atoms with Crippen LogP contribution < -0.4 is 10.6 Å². The SMILES string of the molecule is [2H]C([2H])([2H])[C@@H]1CCC[C@H](C([2H])([2H])[2H])N1NC(=O)c1ccc(Cl)c(S(N)(=O)=O)c1. The lowest BCUT2D eigenvalue weighted by molar-refractivity contribution is 0.0369. The molecule has 0 aromatic heterocycles. The van der Waals surface area contributed by atoms with Crippen LogP contribution in [0.2, 0.25) is 5.02 Å². The van der Waals surface area contributed by atoms with Crippen molar-refractivity contribution in [1.29, 1.82) is 0 Å². The van der Waals surface area contributed by atoms with Gasteiger partial charge in [0.25, 0.3) is 5.91 Å². The Hall–Kier alpha value is -1.15. The third-order valence-corrected chi connectivity index (χ3v) is 4.75. The maximum atomic E-state index is 12.6. The van der Waals surface area contributed by atoms with Crippen LogP contribution in [0, 0.1) is 0 Å². The number of primary sulfonamides is 1. The minimum absolute atomic E-state index is 0.160. The summed E-state index contributed by atoms with van der Waals surface area (Å²) in [6, 6.07) is 0.951. The highest BCUT2D eigenvalue weighted by Crippen LogP contribution is 2.23. The molecule has 1 aliphatic heterocycles. The van der Waals surface area contributed by atoms with E-state index in [1.165, 1.54) is 6.07 Å². The maximum Gasteiger partial charge on any atom is 0.265 e. The number of hydrogen-bond donors (Lipinski definition) is 2. The number of piperidine rings is 1. The summed E-state index contributed by atoms with van der Waals surface area (Å²) in [4.78, 5) is 12.2. The Kier molecular flexibility index (Phi) is 3.15. The fraction of sp³-hybridized carbons (Fsp3) is 0.500. The summed E-state index contributed by atoms with van der Waals surface area (Å²) in [5.41, 5.74) is 2.18. The molecule has 8 heteroatoms. The lowest BCUT2D eigenvalue weighted by Gasteiger charge is -2.38. The molecule has 1 amide bonds. The first-order valence-electron chi connectivity index (χ1n) is 9.54. The summed E-state index contributed by atoms with van der Waals surface area (Å²) in [5.74, 6) is -0.869. The summed E-state index contributed by atoms with van der Waals surface area (Å²) >= 11 is 5.79. The van der Waals surface area contributed by atoms with Gasteiger partial charge in [-0.3, -0.25) is 10.2 Å². The molecule has 0 radical (unpaired) electrons. The van der Waals surface area contributed by atoms with Gasteiger partial charge in [-0.2, -0.15) is 0 Å². The smallest absolute Gasteiger partial charge is 0.265 e. The number of rotatable bonds is 3. The third-order valence-electron chi connectivity index (χ3n) is 3.36. The highest BCUT2D eigenvalue weighted by atomic mass is 35.5. The van der Waals surface area contributed by atoms with Crippen LogP contribution in [-0.4, -0.2) is 31.4 Å². The standard InChI is InChI=1S/C14H20ClN3O3S/c1-9-4-3-5-10(2)18(9)17-14(19)11-6-7-12(15)13(8-11)22(16,20)21/h6-10H,3-5H2,1-2H3,(H,17,19)(H2,16,20,21)/t9-,10+/i1D3,2D3. The van der Waals surface area contributed by atoms with Gasteiger partial charge < -0.3 is 0 Å². The van der Waals surface area contributed by atoms with Gasteiger partial charge in [-0.15, -0.1) is 0 Å². The number of amides is 1. The summed E-state index contributed by atoms with van der Waals surface area (Å²) in [6.07, 6.45) is 0.730. The maximum absolute atomic E-state index is 12.6. The van der Waals surface area contributed by atoms with Crippen LogP contribution in [0.1, 0.15) is 51.5 Å². The van der Waals surface area contributed by atoms with Gasteiger partial charge in [-0.05, 0) is 44.7 Å². The molecule has 122 valence electrons. The van der Waals surface area contributed by atoms with Crippen molar-refractivity contribution < 1.29 is 21.4 Å². The van der Waals surface area contributed by atoms with E-state index in [1.54, 1.807) is 0 Å². The van der Waals surface area contributed by atoms with Gasteiger partial charge in [0.1, 0.15) is 4.90 Å². The number of halogens is 1. The van der Waals surface area contributed by atoms with Crippen molar-refractivity contribution >= 4 is 27.5 Å². The van der Waals surface area contributed by atoms with E-state index in [0.29, 0.717) is 6.42 Å². The third kappa shape index (κ3) is 3.78. The van der Waals surface area contributed by atoms with E-state index in [9.17, 15) is 13.2 Å². The summed E-state index contributed by atoms with van der Waals surface area (Å²) in [7, 11) is -4.20. The van der Waals surface area contributed by atoms with E-state index in [0.717, 1.165) is 17.1 Å². The number of benzene rings is 1. The number of carbonyl (C=O) groups excluding carboxylic acids is 1. The second-order valence-corrected chi connectivity index (χ2v) is 6.94. The van der Waals surface area contributed by atoms with Crippen LogP contribution in [0.15, 0.2) is 23.1 Å². The molecule has 1 heterocycles. The lowest BCUT2D eigenvalue weighted by Crippen LogP contribution is -2.54. The molecule has 3 N–H and O–H groups in total. The van der Waals surface area contributed by atoms with E-state index in [-0.39, 0.29) is 23.4 Å². The van der Waals surface area contributed by atoms with Crippen LogP contribution in [0.4, 0.5) is 0 Å². The lowest BCUT2D eigenvalue weighted by atomic mass is 10.00. The molecule has 0 bridgehead atoms. The predicted molar refractivity (Wildman–Crippen MR) is 84.9 cm³/mol. The van der Waals surface area contributed by atoms with Crippen molar-refractivity contribution in [1.82, 2.24) is 10.4 Å². The normalized spacial score (nSPS) is 28.5. The van der Waals surface area contributed by atoms with Gasteiger partial charge in [0, 0.05) is 25.9 Å². The van der Waals surface area contributed by atoms with Gasteiger partial charge in [0.15, 0.2) is 0 Å². The molecule has 0 unspecified atom stereocenters. The quantitative estimate of drug-likeness (QED) is 0.869. The topological polar surface area (TPSA) is 92.5 Å². The number of nitrogens with zero attached hydrogens (tertiary/aromatic N) is 1. The molecule has 0 spiro atoms. The number of nitrogens with one attached hydrogen (secondary N) is 1. The molecule has 6 nitrogen and oxygen atoms in total. The van der Waals surface area contributed by atoms with E-state index in [1.807, 2.05) is 0 Å². The Balaban J connectivity index is 2.40. The Morgan fingerprint density at radius 2 is 2.05 bits per heavy atom. The Bertz CT molecular complexity index is 837. The average Bonchev–Trinajstić information content (AvgIpc) is 2.52. The number of sulfonamides is 1. The van der Waals surface area contributed by atoms with Crippen LogP contribution in [0.5, 0.6) is 0 Å². The van der Waals surface area contributed by atoms with Gasteiger partial charge in [-0.25, -0.2) is 18.6 Å². The zero-order valence-corrected chi connectivity index (χ0v) is 13.1. The van der Waals surface area contributed by atoms with Crippen LogP contribution in [-0.2, 0) is 10.0 Å². The number of nitrogens with two attached hydrogens (primary N) is 1. The van der Waals surface area contributed by atoms with Crippen molar-refractivity contribution in [3.05, 3.63) is 28.8 Å². The Morgan fingerprint density at radius 3 is 2.59 bits per heavy atom. The Labute approximate surface area is 144 Å². The number of hydrogen-bond acceptors (Lipinski definition) is 4. The van der Waals surface area contributed by atoms with Gasteiger partial charge in [0.05, 0.1) is 5.02 Å². The average molecular weight is 352 g/mol. The number of hydrazine groups is 1. The highest BCUT2D eigenvalue weighted by molar-refractivity contribution is 7.89. The second kappa shape index (κ2) is 6.54. The van der Waals surface area contributed by atoms with E-state index in [2.05, 4.69) is 5.43 Å². The van der Waals surface area contributed by atoms with Crippen molar-refractivity contribution in [2.45, 2.75) is 49.9 Å². The highest BCUT2D eigenvalue weighted by Gasteiger charge is 2.27. The molecule has 0 aliphatic carbocycles. The second-order valence-electron chi connectivity index (χ2n) is 5.00. The summed E-state index contributed by atoms with van der Waals surface area (Å²) in [5, 5.41) is 5.84. The molecule has 1 aliphatic rings. The van der Waals surface area contributed by atoms with E-state index >= 15 is 0 Å². The van der Waals surface area contributed by atoms with E-state index < -0.39 is 46.6 Å². The molecular formula is C14H20ClN3O3S. The first-order chi connectivity index (χ1) is 12.6. The molecule has 22 heavy (non-hydrogen) atoms. The minimum atomic E-state index is -4.20. The molecule has 2 rings (SSSR count). The zero-order chi connectivity index (χ0) is 21.5. The monoisotopic (exact) mass is 351 g/mol.